The quantitative estimate of drug-likeness (QED) is 0.492. The van der Waals surface area contributed by atoms with Crippen LogP contribution in [0.4, 0.5) is 4.39 Å². The van der Waals surface area contributed by atoms with E-state index >= 15 is 0 Å². The summed E-state index contributed by atoms with van der Waals surface area (Å²) < 4.78 is 17.3. The van der Waals surface area contributed by atoms with Crippen LogP contribution in [0, 0.1) is 0 Å². The van der Waals surface area contributed by atoms with Gasteiger partial charge in [-0.25, -0.2) is 9.18 Å². The zero-order valence-electron chi connectivity index (χ0n) is 5.80. The zero-order valence-corrected chi connectivity index (χ0v) is 5.80. The van der Waals surface area contributed by atoms with Gasteiger partial charge in [0, 0.05) is 0 Å². The van der Waals surface area contributed by atoms with Gasteiger partial charge in [0.2, 0.25) is 5.67 Å². The highest BCUT2D eigenvalue weighted by molar-refractivity contribution is 5.82. The fraction of sp³-hybridized carbons (Fsp3) is 0.833. The van der Waals surface area contributed by atoms with E-state index in [1.54, 1.807) is 0 Å². The summed E-state index contributed by atoms with van der Waals surface area (Å²) in [7, 11) is 0. The van der Waals surface area contributed by atoms with E-state index in [1.165, 1.54) is 6.92 Å². The molecule has 1 saturated heterocycles. The minimum absolute atomic E-state index is 0.734. The van der Waals surface area contributed by atoms with Gasteiger partial charge in [0.1, 0.15) is 12.2 Å². The van der Waals surface area contributed by atoms with Gasteiger partial charge < -0.3 is 9.84 Å². The number of rotatable bonds is 0. The van der Waals surface area contributed by atoms with Gasteiger partial charge >= 0.3 is 5.97 Å². The van der Waals surface area contributed by atoms with Crippen LogP contribution in [0.2, 0.25) is 0 Å². The lowest BCUT2D eigenvalue weighted by atomic mass is 10.0. The fourth-order valence-corrected chi connectivity index (χ4v) is 0.910. The molecular weight excluding hydrogens is 139 g/mol. The molecule has 0 aromatic carbocycles. The first-order chi connectivity index (χ1) is 4.46. The summed E-state index contributed by atoms with van der Waals surface area (Å²) in [5.41, 5.74) is -2.22. The molecule has 1 rings (SSSR count). The molecule has 0 amide bonds. The molecule has 3 atom stereocenters. The van der Waals surface area contributed by atoms with Crippen LogP contribution in [-0.4, -0.2) is 29.0 Å². The highest BCUT2D eigenvalue weighted by Gasteiger charge is 2.52. The van der Waals surface area contributed by atoms with E-state index in [2.05, 4.69) is 4.74 Å². The highest BCUT2D eigenvalue weighted by atomic mass is 19.1. The molecule has 0 bridgehead atoms. The maximum Gasteiger partial charge on any atom is 0.346 e. The molecule has 0 spiro atoms. The zero-order chi connectivity index (χ0) is 7.94. The normalized spacial score (nSPS) is 47.4. The number of aliphatic hydroxyl groups is 1. The largest absolute Gasteiger partial charge is 0.457 e. The predicted octanol–water partition coefficient (Wildman–Crippen LogP) is 0.0208. The summed E-state index contributed by atoms with van der Waals surface area (Å²) in [6.45, 7) is 2.47. The number of alkyl halides is 1. The molecular formula is C6H9FO3. The monoisotopic (exact) mass is 148 g/mol. The average Bonchev–Trinajstić information content (AvgIpc) is 1.97. The predicted molar refractivity (Wildman–Crippen MR) is 31.1 cm³/mol. The van der Waals surface area contributed by atoms with Gasteiger partial charge in [0.05, 0.1) is 0 Å². The molecule has 4 heteroatoms. The second-order valence-corrected chi connectivity index (χ2v) is 2.63. The Labute approximate surface area is 57.8 Å². The van der Waals surface area contributed by atoms with Crippen molar-refractivity contribution >= 4 is 5.97 Å². The maximum absolute atomic E-state index is 12.9. The molecule has 10 heavy (non-hydrogen) atoms. The summed E-state index contributed by atoms with van der Waals surface area (Å²) in [5.74, 6) is -0.979. The molecule has 0 aromatic rings. The third-order valence-electron chi connectivity index (χ3n) is 1.69. The SMILES string of the molecule is CC1OC(=O)[C@](C)(F)[C@@H]1O. The molecule has 3 nitrogen and oxygen atoms in total. The van der Waals surface area contributed by atoms with Crippen LogP contribution in [0.25, 0.3) is 0 Å². The number of carbonyl (C=O) groups excluding carboxylic acids is 1. The lowest BCUT2D eigenvalue weighted by Crippen LogP contribution is -2.38. The van der Waals surface area contributed by atoms with Gasteiger partial charge in [-0.1, -0.05) is 0 Å². The lowest BCUT2D eigenvalue weighted by molar-refractivity contribution is -0.149. The van der Waals surface area contributed by atoms with E-state index in [1.807, 2.05) is 0 Å². The fourth-order valence-electron chi connectivity index (χ4n) is 0.910. The van der Waals surface area contributed by atoms with Crippen molar-refractivity contribution in [1.29, 1.82) is 0 Å². The first-order valence-corrected chi connectivity index (χ1v) is 3.04. The number of esters is 1. The van der Waals surface area contributed by atoms with E-state index in [0.29, 0.717) is 0 Å². The first-order valence-electron chi connectivity index (χ1n) is 3.04. The van der Waals surface area contributed by atoms with E-state index in [0.717, 1.165) is 6.92 Å². The number of hydrogen-bond acceptors (Lipinski definition) is 3. The Morgan fingerprint density at radius 2 is 2.30 bits per heavy atom. The van der Waals surface area contributed by atoms with Gasteiger partial charge in [-0.2, -0.15) is 0 Å². The summed E-state index contributed by atoms with van der Waals surface area (Å²) in [6, 6.07) is 0. The number of carbonyl (C=O) groups is 1. The molecule has 0 aliphatic carbocycles. The van der Waals surface area contributed by atoms with Gasteiger partial charge in [-0.05, 0) is 13.8 Å². The van der Waals surface area contributed by atoms with Crippen molar-refractivity contribution < 1.29 is 19.0 Å². The van der Waals surface area contributed by atoms with E-state index in [-0.39, 0.29) is 0 Å². The topological polar surface area (TPSA) is 46.5 Å². The van der Waals surface area contributed by atoms with E-state index < -0.39 is 23.8 Å². The van der Waals surface area contributed by atoms with Crippen LogP contribution in [-0.2, 0) is 9.53 Å². The number of hydrogen-bond donors (Lipinski definition) is 1. The summed E-state index contributed by atoms with van der Waals surface area (Å²) in [5, 5.41) is 8.98. The van der Waals surface area contributed by atoms with Crippen molar-refractivity contribution in [3.05, 3.63) is 0 Å². The molecule has 0 radical (unpaired) electrons. The Kier molecular flexibility index (Phi) is 1.43. The van der Waals surface area contributed by atoms with Crippen LogP contribution < -0.4 is 0 Å². The highest BCUT2D eigenvalue weighted by Crippen LogP contribution is 2.28. The van der Waals surface area contributed by atoms with Crippen molar-refractivity contribution in [2.75, 3.05) is 0 Å². The molecule has 0 saturated carbocycles. The Morgan fingerprint density at radius 3 is 2.40 bits per heavy atom. The van der Waals surface area contributed by atoms with Crippen molar-refractivity contribution in [2.24, 2.45) is 0 Å². The van der Waals surface area contributed by atoms with Crippen LogP contribution in [0.5, 0.6) is 0 Å². The first kappa shape index (κ1) is 7.47. The van der Waals surface area contributed by atoms with Crippen LogP contribution in [0.1, 0.15) is 13.8 Å². The van der Waals surface area contributed by atoms with Gasteiger partial charge in [-0.15, -0.1) is 0 Å². The molecule has 1 unspecified atom stereocenters. The number of cyclic esters (lactones) is 1. The van der Waals surface area contributed by atoms with E-state index in [9.17, 15) is 9.18 Å². The molecule has 1 aliphatic rings. The molecule has 1 aliphatic heterocycles. The molecule has 1 N–H and O–H groups in total. The van der Waals surface area contributed by atoms with Crippen molar-refractivity contribution in [3.8, 4) is 0 Å². The van der Waals surface area contributed by atoms with Crippen LogP contribution >= 0.6 is 0 Å². The maximum atomic E-state index is 12.9. The summed E-state index contributed by atoms with van der Waals surface area (Å²) in [6.07, 6.45) is -2.07. The average molecular weight is 148 g/mol. The number of ether oxygens (including phenoxy) is 1. The minimum Gasteiger partial charge on any atom is -0.457 e. The minimum atomic E-state index is -2.22. The Hall–Kier alpha value is -0.640. The molecule has 1 heterocycles. The standard InChI is InChI=1S/C6H9FO3/c1-3-4(8)6(2,7)5(9)10-3/h3-4,8H,1-2H3/t3?,4-,6-/m1/s1. The second-order valence-electron chi connectivity index (χ2n) is 2.63. The third-order valence-corrected chi connectivity index (χ3v) is 1.69. The molecule has 1 fully saturated rings. The Balaban J connectivity index is 2.85. The van der Waals surface area contributed by atoms with Crippen LogP contribution in [0.3, 0.4) is 0 Å². The summed E-state index contributed by atoms with van der Waals surface area (Å²) >= 11 is 0. The smallest absolute Gasteiger partial charge is 0.346 e. The summed E-state index contributed by atoms with van der Waals surface area (Å²) in [4.78, 5) is 10.6. The van der Waals surface area contributed by atoms with E-state index in [4.69, 9.17) is 5.11 Å². The van der Waals surface area contributed by atoms with Crippen LogP contribution in [0.15, 0.2) is 0 Å². The number of halogens is 1. The number of aliphatic hydroxyl groups excluding tert-OH is 1. The van der Waals surface area contributed by atoms with Gasteiger partial charge in [-0.3, -0.25) is 0 Å². The Morgan fingerprint density at radius 1 is 1.80 bits per heavy atom. The Bertz CT molecular complexity index is 166. The second kappa shape index (κ2) is 1.92. The molecule has 58 valence electrons. The lowest BCUT2D eigenvalue weighted by Gasteiger charge is -2.12. The van der Waals surface area contributed by atoms with Crippen molar-refractivity contribution in [1.82, 2.24) is 0 Å². The third kappa shape index (κ3) is 0.794. The molecule has 0 aromatic heterocycles. The van der Waals surface area contributed by atoms with Crippen molar-refractivity contribution in [2.45, 2.75) is 31.7 Å². The van der Waals surface area contributed by atoms with Crippen molar-refractivity contribution in [3.63, 3.8) is 0 Å². The van der Waals surface area contributed by atoms with Gasteiger partial charge in [0.25, 0.3) is 0 Å². The van der Waals surface area contributed by atoms with Gasteiger partial charge in [0.15, 0.2) is 0 Å².